The lowest BCUT2D eigenvalue weighted by Crippen LogP contribution is -2.39. The number of ether oxygens (including phenoxy) is 1. The number of carbonyl (C=O) groups excluding carboxylic acids is 2. The van der Waals surface area contributed by atoms with Crippen LogP contribution in [0.1, 0.15) is 23.0 Å². The van der Waals surface area contributed by atoms with Crippen molar-refractivity contribution in [3.63, 3.8) is 0 Å². The van der Waals surface area contributed by atoms with Crippen molar-refractivity contribution in [1.82, 2.24) is 9.88 Å². The standard InChI is InChI=1S/C10H12N2O3/c1-15-9(13)5-7-6-11-10(14)8-3-2-4-12(7)8/h2-4,7H,5-6H2,1H3,(H,11,14). The maximum absolute atomic E-state index is 11.4. The Bertz CT molecular complexity index is 397. The summed E-state index contributed by atoms with van der Waals surface area (Å²) in [6, 6.07) is 3.49. The number of aromatic nitrogens is 1. The number of carbonyl (C=O) groups is 2. The molecule has 0 fully saturated rings. The van der Waals surface area contributed by atoms with Crippen molar-refractivity contribution in [2.24, 2.45) is 0 Å². The highest BCUT2D eigenvalue weighted by molar-refractivity contribution is 5.93. The number of rotatable bonds is 2. The number of methoxy groups -OCH3 is 1. The van der Waals surface area contributed by atoms with Gasteiger partial charge in [-0.25, -0.2) is 0 Å². The summed E-state index contributed by atoms with van der Waals surface area (Å²) in [5.41, 5.74) is 0.593. The lowest BCUT2D eigenvalue weighted by molar-refractivity contribution is -0.141. The van der Waals surface area contributed by atoms with Gasteiger partial charge in [0.25, 0.3) is 5.91 Å². The van der Waals surface area contributed by atoms with Crippen molar-refractivity contribution in [3.8, 4) is 0 Å². The van der Waals surface area contributed by atoms with Crippen molar-refractivity contribution in [3.05, 3.63) is 24.0 Å². The predicted molar refractivity (Wildman–Crippen MR) is 52.4 cm³/mol. The molecule has 0 radical (unpaired) electrons. The second kappa shape index (κ2) is 3.76. The summed E-state index contributed by atoms with van der Waals surface area (Å²) in [7, 11) is 1.36. The Morgan fingerprint density at radius 3 is 3.27 bits per heavy atom. The fraction of sp³-hybridized carbons (Fsp3) is 0.400. The van der Waals surface area contributed by atoms with Crippen molar-refractivity contribution in [2.45, 2.75) is 12.5 Å². The van der Waals surface area contributed by atoms with E-state index in [1.165, 1.54) is 7.11 Å². The van der Waals surface area contributed by atoms with Crippen molar-refractivity contribution >= 4 is 11.9 Å². The summed E-state index contributed by atoms with van der Waals surface area (Å²) in [4.78, 5) is 22.5. The quantitative estimate of drug-likeness (QED) is 0.713. The molecule has 0 saturated heterocycles. The topological polar surface area (TPSA) is 60.3 Å². The lowest BCUT2D eigenvalue weighted by Gasteiger charge is -2.25. The van der Waals surface area contributed by atoms with E-state index in [2.05, 4.69) is 10.1 Å². The molecule has 1 aliphatic rings. The maximum Gasteiger partial charge on any atom is 0.307 e. The molecule has 1 atom stereocenters. The predicted octanol–water partition coefficient (Wildman–Crippen LogP) is 0.336. The van der Waals surface area contributed by atoms with Crippen LogP contribution in [0.15, 0.2) is 18.3 Å². The minimum Gasteiger partial charge on any atom is -0.469 e. The van der Waals surface area contributed by atoms with Crippen LogP contribution in [0, 0.1) is 0 Å². The summed E-state index contributed by atoms with van der Waals surface area (Å²) in [6.45, 7) is 0.468. The number of nitrogens with zero attached hydrogens (tertiary/aromatic N) is 1. The van der Waals surface area contributed by atoms with E-state index >= 15 is 0 Å². The number of nitrogens with one attached hydrogen (secondary N) is 1. The fourth-order valence-electron chi connectivity index (χ4n) is 1.75. The summed E-state index contributed by atoms with van der Waals surface area (Å²) in [5.74, 6) is -0.364. The van der Waals surface area contributed by atoms with Crippen molar-refractivity contribution in [1.29, 1.82) is 0 Å². The van der Waals surface area contributed by atoms with Crippen LogP contribution in [0.3, 0.4) is 0 Å². The second-order valence-corrected chi connectivity index (χ2v) is 3.44. The number of hydrogen-bond acceptors (Lipinski definition) is 3. The zero-order valence-electron chi connectivity index (χ0n) is 8.40. The van der Waals surface area contributed by atoms with Gasteiger partial charge in [-0.2, -0.15) is 0 Å². The van der Waals surface area contributed by atoms with Gasteiger partial charge < -0.3 is 14.6 Å². The van der Waals surface area contributed by atoms with E-state index in [9.17, 15) is 9.59 Å². The first kappa shape index (κ1) is 9.76. The van der Waals surface area contributed by atoms with E-state index in [0.29, 0.717) is 12.2 Å². The summed E-state index contributed by atoms with van der Waals surface area (Å²) in [6.07, 6.45) is 2.08. The Balaban J connectivity index is 2.21. The van der Waals surface area contributed by atoms with Gasteiger partial charge in [-0.1, -0.05) is 0 Å². The Morgan fingerprint density at radius 1 is 1.73 bits per heavy atom. The van der Waals surface area contributed by atoms with Crippen LogP contribution >= 0.6 is 0 Å². The molecule has 1 amide bonds. The van der Waals surface area contributed by atoms with E-state index < -0.39 is 0 Å². The van der Waals surface area contributed by atoms with Crippen LogP contribution in [-0.4, -0.2) is 30.1 Å². The molecule has 0 aliphatic carbocycles. The third-order valence-corrected chi connectivity index (χ3v) is 2.53. The Hall–Kier alpha value is -1.78. The first-order valence-corrected chi connectivity index (χ1v) is 4.74. The van der Waals surface area contributed by atoms with Gasteiger partial charge in [0.2, 0.25) is 0 Å². The second-order valence-electron chi connectivity index (χ2n) is 3.44. The van der Waals surface area contributed by atoms with E-state index in [4.69, 9.17) is 0 Å². The molecule has 5 nitrogen and oxygen atoms in total. The van der Waals surface area contributed by atoms with Gasteiger partial charge in [-0.05, 0) is 12.1 Å². The molecule has 1 unspecified atom stereocenters. The number of fused-ring (bicyclic) bond motifs is 1. The minimum absolute atomic E-state index is 0.0415. The van der Waals surface area contributed by atoms with Crippen LogP contribution in [-0.2, 0) is 9.53 Å². The van der Waals surface area contributed by atoms with Crippen LogP contribution < -0.4 is 5.32 Å². The molecule has 1 N–H and O–H groups in total. The number of esters is 1. The van der Waals surface area contributed by atoms with E-state index in [0.717, 1.165) is 0 Å². The average Bonchev–Trinajstić information content (AvgIpc) is 2.71. The van der Waals surface area contributed by atoms with Crippen LogP contribution in [0.25, 0.3) is 0 Å². The van der Waals surface area contributed by atoms with Gasteiger partial charge in [0, 0.05) is 12.7 Å². The normalized spacial score (nSPS) is 19.3. The smallest absolute Gasteiger partial charge is 0.307 e. The van der Waals surface area contributed by atoms with Crippen LogP contribution in [0.2, 0.25) is 0 Å². The zero-order valence-corrected chi connectivity index (χ0v) is 8.40. The molecule has 5 heteroatoms. The molecule has 0 spiro atoms. The zero-order chi connectivity index (χ0) is 10.8. The Kier molecular flexibility index (Phi) is 2.45. The van der Waals surface area contributed by atoms with Crippen LogP contribution in [0.4, 0.5) is 0 Å². The van der Waals surface area contributed by atoms with Gasteiger partial charge in [0.1, 0.15) is 5.69 Å². The molecule has 2 rings (SSSR count). The summed E-state index contributed by atoms with van der Waals surface area (Å²) >= 11 is 0. The van der Waals surface area contributed by atoms with Crippen molar-refractivity contribution in [2.75, 3.05) is 13.7 Å². The third-order valence-electron chi connectivity index (χ3n) is 2.53. The maximum atomic E-state index is 11.4. The van der Waals surface area contributed by atoms with Gasteiger partial charge in [-0.3, -0.25) is 9.59 Å². The van der Waals surface area contributed by atoms with E-state index in [-0.39, 0.29) is 24.3 Å². The Morgan fingerprint density at radius 2 is 2.53 bits per heavy atom. The highest BCUT2D eigenvalue weighted by atomic mass is 16.5. The first-order valence-electron chi connectivity index (χ1n) is 4.74. The molecule has 1 aromatic heterocycles. The monoisotopic (exact) mass is 208 g/mol. The fourth-order valence-corrected chi connectivity index (χ4v) is 1.75. The molecule has 15 heavy (non-hydrogen) atoms. The van der Waals surface area contributed by atoms with Crippen molar-refractivity contribution < 1.29 is 14.3 Å². The highest BCUT2D eigenvalue weighted by Crippen LogP contribution is 2.19. The first-order chi connectivity index (χ1) is 7.22. The van der Waals surface area contributed by atoms with Gasteiger partial charge >= 0.3 is 5.97 Å². The molecule has 2 heterocycles. The summed E-state index contributed by atoms with van der Waals surface area (Å²) in [5, 5.41) is 2.74. The van der Waals surface area contributed by atoms with E-state index in [1.54, 1.807) is 12.1 Å². The summed E-state index contributed by atoms with van der Waals surface area (Å²) < 4.78 is 6.42. The van der Waals surface area contributed by atoms with Gasteiger partial charge in [0.15, 0.2) is 0 Å². The minimum atomic E-state index is -0.268. The molecule has 0 saturated carbocycles. The largest absolute Gasteiger partial charge is 0.469 e. The SMILES string of the molecule is COC(=O)CC1CNC(=O)c2cccn21. The molecule has 1 aromatic rings. The molecule has 80 valence electrons. The molecular formula is C10H12N2O3. The third kappa shape index (κ3) is 1.72. The number of hydrogen-bond donors (Lipinski definition) is 1. The average molecular weight is 208 g/mol. The molecule has 0 aromatic carbocycles. The van der Waals surface area contributed by atoms with Gasteiger partial charge in [0.05, 0.1) is 19.6 Å². The highest BCUT2D eigenvalue weighted by Gasteiger charge is 2.25. The van der Waals surface area contributed by atoms with Crippen LogP contribution in [0.5, 0.6) is 0 Å². The van der Waals surface area contributed by atoms with E-state index in [1.807, 2.05) is 10.8 Å². The van der Waals surface area contributed by atoms with Gasteiger partial charge in [-0.15, -0.1) is 0 Å². The number of amides is 1. The molecular weight excluding hydrogens is 196 g/mol. The Labute approximate surface area is 87.0 Å². The lowest BCUT2D eigenvalue weighted by atomic mass is 10.1. The molecule has 1 aliphatic heterocycles. The molecule has 0 bridgehead atoms.